The van der Waals surface area contributed by atoms with Gasteiger partial charge in [-0.05, 0) is 33.1 Å². The van der Waals surface area contributed by atoms with E-state index in [9.17, 15) is 9.59 Å². The molecule has 7 heteroatoms. The lowest BCUT2D eigenvalue weighted by Gasteiger charge is -2.44. The first-order valence-electron chi connectivity index (χ1n) is 10.8. The number of hydrogen-bond donors (Lipinski definition) is 1. The highest BCUT2D eigenvalue weighted by Gasteiger charge is 2.48. The number of ether oxygens (including phenoxy) is 1. The fraction of sp³-hybridized carbons (Fsp3) is 0.636. The SMILES string of the molecule is CCOCCCN1C(=O)c2cc3occc3n2C[C@]1(C)C(=O)NC1CCCCC1. The molecule has 2 aromatic heterocycles. The lowest BCUT2D eigenvalue weighted by atomic mass is 9.91. The zero-order valence-electron chi connectivity index (χ0n) is 17.4. The van der Waals surface area contributed by atoms with E-state index in [2.05, 4.69) is 5.32 Å². The topological polar surface area (TPSA) is 76.7 Å². The van der Waals surface area contributed by atoms with Crippen molar-refractivity contribution < 1.29 is 18.7 Å². The molecule has 0 saturated heterocycles. The van der Waals surface area contributed by atoms with Gasteiger partial charge in [-0.1, -0.05) is 19.3 Å². The van der Waals surface area contributed by atoms with Crippen LogP contribution in [0.4, 0.5) is 0 Å². The quantitative estimate of drug-likeness (QED) is 0.722. The monoisotopic (exact) mass is 401 g/mol. The van der Waals surface area contributed by atoms with E-state index in [1.807, 2.05) is 24.5 Å². The van der Waals surface area contributed by atoms with Gasteiger partial charge in [0.1, 0.15) is 11.2 Å². The smallest absolute Gasteiger partial charge is 0.271 e. The summed E-state index contributed by atoms with van der Waals surface area (Å²) in [7, 11) is 0. The molecule has 0 spiro atoms. The summed E-state index contributed by atoms with van der Waals surface area (Å²) >= 11 is 0. The van der Waals surface area contributed by atoms with E-state index in [0.717, 1.165) is 31.2 Å². The van der Waals surface area contributed by atoms with Crippen LogP contribution in [0, 0.1) is 0 Å². The van der Waals surface area contributed by atoms with E-state index in [0.29, 0.717) is 44.0 Å². The lowest BCUT2D eigenvalue weighted by Crippen LogP contribution is -2.65. The molecular weight excluding hydrogens is 370 g/mol. The van der Waals surface area contributed by atoms with Crippen LogP contribution in [-0.2, 0) is 16.1 Å². The molecule has 2 aliphatic rings. The van der Waals surface area contributed by atoms with Crippen molar-refractivity contribution in [3.63, 3.8) is 0 Å². The van der Waals surface area contributed by atoms with Crippen LogP contribution in [-0.4, -0.2) is 52.6 Å². The van der Waals surface area contributed by atoms with E-state index in [-0.39, 0.29) is 17.9 Å². The summed E-state index contributed by atoms with van der Waals surface area (Å²) in [6.07, 6.45) is 7.88. The van der Waals surface area contributed by atoms with Crippen LogP contribution in [0.2, 0.25) is 0 Å². The van der Waals surface area contributed by atoms with Crippen molar-refractivity contribution >= 4 is 22.9 Å². The fourth-order valence-corrected chi connectivity index (χ4v) is 4.68. The highest BCUT2D eigenvalue weighted by Crippen LogP contribution is 2.33. The number of carbonyl (C=O) groups is 2. The van der Waals surface area contributed by atoms with Crippen molar-refractivity contribution in [2.24, 2.45) is 0 Å². The molecule has 158 valence electrons. The molecule has 1 aliphatic carbocycles. The second kappa shape index (κ2) is 8.22. The number of rotatable bonds is 7. The van der Waals surface area contributed by atoms with Crippen LogP contribution >= 0.6 is 0 Å². The highest BCUT2D eigenvalue weighted by atomic mass is 16.5. The Labute approximate surface area is 171 Å². The van der Waals surface area contributed by atoms with E-state index >= 15 is 0 Å². The predicted molar refractivity (Wildman–Crippen MR) is 110 cm³/mol. The summed E-state index contributed by atoms with van der Waals surface area (Å²) in [5, 5.41) is 3.25. The molecule has 1 fully saturated rings. The molecule has 0 bridgehead atoms. The number of amides is 2. The van der Waals surface area contributed by atoms with E-state index in [1.165, 1.54) is 6.42 Å². The van der Waals surface area contributed by atoms with Crippen molar-refractivity contribution in [2.75, 3.05) is 19.8 Å². The minimum Gasteiger partial charge on any atom is -0.463 e. The fourth-order valence-electron chi connectivity index (χ4n) is 4.68. The largest absolute Gasteiger partial charge is 0.463 e. The first kappa shape index (κ1) is 20.0. The zero-order chi connectivity index (χ0) is 20.4. The van der Waals surface area contributed by atoms with Crippen molar-refractivity contribution in [1.29, 1.82) is 0 Å². The summed E-state index contributed by atoms with van der Waals surface area (Å²) in [6.45, 7) is 5.97. The van der Waals surface area contributed by atoms with Gasteiger partial charge in [0.2, 0.25) is 5.91 Å². The Morgan fingerprint density at radius 2 is 2.14 bits per heavy atom. The molecular formula is C22H31N3O4. The molecule has 1 atom stereocenters. The molecule has 2 aromatic rings. The van der Waals surface area contributed by atoms with Crippen LogP contribution in [0.3, 0.4) is 0 Å². The summed E-state index contributed by atoms with van der Waals surface area (Å²) in [4.78, 5) is 28.6. The number of furan rings is 1. The molecule has 0 unspecified atom stereocenters. The van der Waals surface area contributed by atoms with Gasteiger partial charge in [0.15, 0.2) is 5.58 Å². The van der Waals surface area contributed by atoms with Gasteiger partial charge in [0, 0.05) is 37.9 Å². The maximum Gasteiger partial charge on any atom is 0.271 e. The van der Waals surface area contributed by atoms with Gasteiger partial charge < -0.3 is 23.9 Å². The van der Waals surface area contributed by atoms with Gasteiger partial charge >= 0.3 is 0 Å². The Bertz CT molecular complexity index is 880. The van der Waals surface area contributed by atoms with Gasteiger partial charge in [-0.25, -0.2) is 0 Å². The Balaban J connectivity index is 1.62. The number of nitrogens with one attached hydrogen (secondary N) is 1. The van der Waals surface area contributed by atoms with Crippen LogP contribution in [0.15, 0.2) is 22.8 Å². The Kier molecular flexibility index (Phi) is 5.67. The maximum atomic E-state index is 13.5. The van der Waals surface area contributed by atoms with Gasteiger partial charge in [0.05, 0.1) is 18.3 Å². The van der Waals surface area contributed by atoms with Crippen LogP contribution in [0.1, 0.15) is 62.9 Å². The van der Waals surface area contributed by atoms with Crippen LogP contribution < -0.4 is 5.32 Å². The standard InChI is InChI=1S/C22H31N3O4/c1-3-28-12-7-11-25-20(26)18-14-19-17(10-13-29-19)24(18)15-22(25,2)21(27)23-16-8-5-4-6-9-16/h10,13-14,16H,3-9,11-12,15H2,1-2H3,(H,23,27)/t22-/m1/s1. The zero-order valence-corrected chi connectivity index (χ0v) is 17.4. The summed E-state index contributed by atoms with van der Waals surface area (Å²) in [6, 6.07) is 3.84. The second-order valence-electron chi connectivity index (χ2n) is 8.38. The average Bonchev–Trinajstić information content (AvgIpc) is 3.30. The average molecular weight is 402 g/mol. The van der Waals surface area contributed by atoms with Gasteiger partial charge in [0.25, 0.3) is 5.91 Å². The van der Waals surface area contributed by atoms with Crippen molar-refractivity contribution in [2.45, 2.75) is 70.5 Å². The first-order chi connectivity index (χ1) is 14.0. The molecule has 1 aliphatic heterocycles. The van der Waals surface area contributed by atoms with E-state index in [1.54, 1.807) is 17.2 Å². The van der Waals surface area contributed by atoms with E-state index in [4.69, 9.17) is 9.15 Å². The van der Waals surface area contributed by atoms with Gasteiger partial charge in [-0.2, -0.15) is 0 Å². The maximum absolute atomic E-state index is 13.5. The molecule has 1 N–H and O–H groups in total. The predicted octanol–water partition coefficient (Wildman–Crippen LogP) is 3.32. The second-order valence-corrected chi connectivity index (χ2v) is 8.38. The molecule has 1 saturated carbocycles. The third kappa shape index (κ3) is 3.68. The molecule has 7 nitrogen and oxygen atoms in total. The molecule has 29 heavy (non-hydrogen) atoms. The van der Waals surface area contributed by atoms with Gasteiger partial charge in [-0.3, -0.25) is 9.59 Å². The number of fused-ring (bicyclic) bond motifs is 3. The molecule has 2 amide bonds. The normalized spacial score (nSPS) is 22.8. The first-order valence-corrected chi connectivity index (χ1v) is 10.8. The highest BCUT2D eigenvalue weighted by molar-refractivity contribution is 6.02. The summed E-state index contributed by atoms with van der Waals surface area (Å²) in [5.74, 6) is -0.189. The number of nitrogens with zero attached hydrogens (tertiary/aromatic N) is 2. The Morgan fingerprint density at radius 3 is 2.90 bits per heavy atom. The summed E-state index contributed by atoms with van der Waals surface area (Å²) in [5.41, 5.74) is 1.18. The van der Waals surface area contributed by atoms with Crippen LogP contribution in [0.25, 0.3) is 11.1 Å². The molecule has 0 radical (unpaired) electrons. The van der Waals surface area contributed by atoms with Gasteiger partial charge in [-0.15, -0.1) is 0 Å². The van der Waals surface area contributed by atoms with Crippen molar-refractivity contribution in [1.82, 2.24) is 14.8 Å². The van der Waals surface area contributed by atoms with Crippen LogP contribution in [0.5, 0.6) is 0 Å². The van der Waals surface area contributed by atoms with E-state index < -0.39 is 5.54 Å². The number of aromatic nitrogens is 1. The Hall–Kier alpha value is -2.28. The summed E-state index contributed by atoms with van der Waals surface area (Å²) < 4.78 is 12.9. The molecule has 0 aromatic carbocycles. The van der Waals surface area contributed by atoms with Crippen molar-refractivity contribution in [3.05, 3.63) is 24.1 Å². The third-order valence-corrected chi connectivity index (χ3v) is 6.35. The number of carbonyl (C=O) groups excluding carboxylic acids is 2. The molecule has 4 rings (SSSR count). The molecule has 3 heterocycles. The Morgan fingerprint density at radius 1 is 1.34 bits per heavy atom. The minimum atomic E-state index is -0.947. The number of hydrogen-bond acceptors (Lipinski definition) is 4. The van der Waals surface area contributed by atoms with Crippen molar-refractivity contribution in [3.8, 4) is 0 Å². The lowest BCUT2D eigenvalue weighted by molar-refractivity contribution is -0.133. The minimum absolute atomic E-state index is 0.0647. The third-order valence-electron chi connectivity index (χ3n) is 6.35.